The average molecular weight is 391 g/mol. The molecule has 0 saturated heterocycles. The zero-order valence-electron chi connectivity index (χ0n) is 18.3. The highest BCUT2D eigenvalue weighted by atomic mass is 14.1. The van der Waals surface area contributed by atoms with Gasteiger partial charge in [-0.05, 0) is 84.5 Å². The smallest absolute Gasteiger partial charge is 0.00230 e. The Balaban J connectivity index is 1.38. The molecule has 0 atom stereocenters. The van der Waals surface area contributed by atoms with Crippen molar-refractivity contribution in [2.75, 3.05) is 0 Å². The van der Waals surface area contributed by atoms with Crippen molar-refractivity contribution in [3.8, 4) is 0 Å². The van der Waals surface area contributed by atoms with Crippen LogP contribution < -0.4 is 0 Å². The van der Waals surface area contributed by atoms with Gasteiger partial charge in [-0.2, -0.15) is 0 Å². The average Bonchev–Trinajstić information content (AvgIpc) is 2.76. The van der Waals surface area contributed by atoms with Crippen LogP contribution in [0.2, 0.25) is 0 Å². The summed E-state index contributed by atoms with van der Waals surface area (Å²) in [6.07, 6.45) is 2.98. The molecule has 0 radical (unpaired) electrons. The summed E-state index contributed by atoms with van der Waals surface area (Å²) in [7, 11) is 0. The number of aryl methyl sites for hydroxylation is 2. The molecule has 0 aromatic heterocycles. The molecule has 0 unspecified atom stereocenters. The van der Waals surface area contributed by atoms with Crippen LogP contribution in [0.3, 0.4) is 0 Å². The predicted molar refractivity (Wildman–Crippen MR) is 128 cm³/mol. The first-order valence-corrected chi connectivity index (χ1v) is 10.8. The van der Waals surface area contributed by atoms with Crippen LogP contribution >= 0.6 is 0 Å². The van der Waals surface area contributed by atoms with Crippen LogP contribution in [0.1, 0.15) is 50.1 Å². The lowest BCUT2D eigenvalue weighted by Gasteiger charge is -2.10. The first kappa shape index (κ1) is 20.2. The molecule has 0 aliphatic heterocycles. The number of rotatable bonds is 6. The van der Waals surface area contributed by atoms with Gasteiger partial charge in [0.1, 0.15) is 0 Å². The van der Waals surface area contributed by atoms with Crippen molar-refractivity contribution in [1.29, 1.82) is 0 Å². The van der Waals surface area contributed by atoms with Crippen LogP contribution in [0.5, 0.6) is 0 Å². The Morgan fingerprint density at radius 3 is 1.30 bits per heavy atom. The van der Waals surface area contributed by atoms with Gasteiger partial charge in [0.25, 0.3) is 0 Å². The fourth-order valence-electron chi connectivity index (χ4n) is 3.95. The molecule has 0 spiro atoms. The van der Waals surface area contributed by atoms with Gasteiger partial charge in [-0.25, -0.2) is 0 Å². The van der Waals surface area contributed by atoms with Crippen LogP contribution in [0, 0.1) is 20.8 Å². The summed E-state index contributed by atoms with van der Waals surface area (Å²) in [5.74, 6) is 0. The summed E-state index contributed by atoms with van der Waals surface area (Å²) in [6, 6.07) is 33.6. The van der Waals surface area contributed by atoms with Crippen molar-refractivity contribution in [3.05, 3.63) is 141 Å². The summed E-state index contributed by atoms with van der Waals surface area (Å²) < 4.78 is 0. The van der Waals surface area contributed by atoms with Gasteiger partial charge in [0.2, 0.25) is 0 Å². The van der Waals surface area contributed by atoms with E-state index in [4.69, 9.17) is 0 Å². The fourth-order valence-corrected chi connectivity index (χ4v) is 3.95. The molecular weight excluding hydrogens is 360 g/mol. The van der Waals surface area contributed by atoms with E-state index in [1.807, 2.05) is 0 Å². The molecular formula is C30H30. The molecule has 0 fully saturated rings. The summed E-state index contributed by atoms with van der Waals surface area (Å²) >= 11 is 0. The maximum absolute atomic E-state index is 2.28. The molecule has 150 valence electrons. The first-order valence-electron chi connectivity index (χ1n) is 10.8. The zero-order valence-corrected chi connectivity index (χ0v) is 18.3. The Morgan fingerprint density at radius 1 is 0.433 bits per heavy atom. The normalized spacial score (nSPS) is 10.9. The summed E-state index contributed by atoms with van der Waals surface area (Å²) in [6.45, 7) is 6.55. The minimum absolute atomic E-state index is 0.981. The third kappa shape index (κ3) is 5.07. The highest BCUT2D eigenvalue weighted by Gasteiger charge is 2.04. The lowest BCUT2D eigenvalue weighted by molar-refractivity contribution is 1.12. The second-order valence-corrected chi connectivity index (χ2v) is 8.51. The maximum Gasteiger partial charge on any atom is -0.00230 e. The van der Waals surface area contributed by atoms with Gasteiger partial charge in [-0.15, -0.1) is 0 Å². The first-order chi connectivity index (χ1) is 14.6. The second kappa shape index (κ2) is 9.13. The Kier molecular flexibility index (Phi) is 6.14. The van der Waals surface area contributed by atoms with Crippen LogP contribution in [-0.4, -0.2) is 0 Å². The van der Waals surface area contributed by atoms with E-state index >= 15 is 0 Å². The van der Waals surface area contributed by atoms with E-state index in [1.165, 1.54) is 50.1 Å². The second-order valence-electron chi connectivity index (χ2n) is 8.51. The van der Waals surface area contributed by atoms with E-state index in [-0.39, 0.29) is 0 Å². The molecule has 0 bridgehead atoms. The Morgan fingerprint density at radius 2 is 0.833 bits per heavy atom. The molecule has 0 aliphatic carbocycles. The van der Waals surface area contributed by atoms with Crippen molar-refractivity contribution in [2.24, 2.45) is 0 Å². The van der Waals surface area contributed by atoms with E-state index in [9.17, 15) is 0 Å². The number of benzene rings is 4. The molecule has 30 heavy (non-hydrogen) atoms. The van der Waals surface area contributed by atoms with Crippen molar-refractivity contribution in [2.45, 2.75) is 40.0 Å². The quantitative estimate of drug-likeness (QED) is 0.322. The minimum Gasteiger partial charge on any atom is -0.0617 e. The minimum atomic E-state index is 0.981. The van der Waals surface area contributed by atoms with E-state index in [0.717, 1.165) is 19.3 Å². The van der Waals surface area contributed by atoms with Gasteiger partial charge in [-0.1, -0.05) is 96.6 Å². The third-order valence-corrected chi connectivity index (χ3v) is 6.09. The molecule has 0 amide bonds. The van der Waals surface area contributed by atoms with Crippen molar-refractivity contribution >= 4 is 0 Å². The van der Waals surface area contributed by atoms with Gasteiger partial charge in [0, 0.05) is 0 Å². The van der Waals surface area contributed by atoms with Gasteiger partial charge < -0.3 is 0 Å². The summed E-state index contributed by atoms with van der Waals surface area (Å²) in [5.41, 5.74) is 12.4. The highest BCUT2D eigenvalue weighted by molar-refractivity contribution is 5.38. The van der Waals surface area contributed by atoms with E-state index in [0.29, 0.717) is 0 Å². The molecule has 0 N–H and O–H groups in total. The van der Waals surface area contributed by atoms with Crippen LogP contribution in [0.4, 0.5) is 0 Å². The maximum atomic E-state index is 2.28. The molecule has 4 aromatic rings. The predicted octanol–water partition coefficient (Wildman–Crippen LogP) is 7.38. The van der Waals surface area contributed by atoms with E-state index < -0.39 is 0 Å². The van der Waals surface area contributed by atoms with Gasteiger partial charge in [0.15, 0.2) is 0 Å². The number of hydrogen-bond acceptors (Lipinski definition) is 0. The Labute approximate surface area is 181 Å². The Hall–Kier alpha value is -3.12. The van der Waals surface area contributed by atoms with Gasteiger partial charge in [-0.3, -0.25) is 0 Å². The third-order valence-electron chi connectivity index (χ3n) is 6.09. The van der Waals surface area contributed by atoms with Crippen molar-refractivity contribution in [3.63, 3.8) is 0 Å². The molecule has 0 aliphatic rings. The van der Waals surface area contributed by atoms with E-state index in [1.54, 1.807) is 0 Å². The van der Waals surface area contributed by atoms with Crippen molar-refractivity contribution < 1.29 is 0 Å². The SMILES string of the molecule is Cc1ccc(Cc2ccc(Cc3ccc(Cc4cccc(C)c4C)cc3)cc2)cc1. The van der Waals surface area contributed by atoms with Crippen LogP contribution in [0.15, 0.2) is 91.0 Å². The zero-order chi connectivity index (χ0) is 20.9. The molecule has 4 aromatic carbocycles. The number of hydrogen-bond donors (Lipinski definition) is 0. The molecule has 0 heterocycles. The summed E-state index contributed by atoms with van der Waals surface area (Å²) in [5, 5.41) is 0. The topological polar surface area (TPSA) is 0 Å². The highest BCUT2D eigenvalue weighted by Crippen LogP contribution is 2.19. The van der Waals surface area contributed by atoms with Gasteiger partial charge >= 0.3 is 0 Å². The molecule has 0 heteroatoms. The molecule has 0 nitrogen and oxygen atoms in total. The monoisotopic (exact) mass is 390 g/mol. The van der Waals surface area contributed by atoms with Crippen LogP contribution in [-0.2, 0) is 19.3 Å². The van der Waals surface area contributed by atoms with Crippen molar-refractivity contribution in [1.82, 2.24) is 0 Å². The van der Waals surface area contributed by atoms with Crippen LogP contribution in [0.25, 0.3) is 0 Å². The van der Waals surface area contributed by atoms with Gasteiger partial charge in [0.05, 0.1) is 0 Å². The Bertz CT molecular complexity index is 1100. The molecule has 0 saturated carbocycles. The lowest BCUT2D eigenvalue weighted by Crippen LogP contribution is -1.95. The fraction of sp³-hybridized carbons (Fsp3) is 0.200. The molecule has 4 rings (SSSR count). The largest absolute Gasteiger partial charge is 0.0617 e. The van der Waals surface area contributed by atoms with E-state index in [2.05, 4.69) is 112 Å². The lowest BCUT2D eigenvalue weighted by atomic mass is 9.96. The standard InChI is InChI=1S/C30H30/c1-22-7-9-25(10-8-22)19-26-11-13-27(14-12-26)20-28-15-17-29(18-16-28)21-30-6-4-5-23(2)24(30)3/h4-18H,19-21H2,1-3H3. The summed E-state index contributed by atoms with van der Waals surface area (Å²) in [4.78, 5) is 0.